The van der Waals surface area contributed by atoms with E-state index in [1.165, 1.54) is 0 Å². The maximum atomic E-state index is 5.32. The highest BCUT2D eigenvalue weighted by Crippen LogP contribution is 2.19. The van der Waals surface area contributed by atoms with Crippen molar-refractivity contribution < 1.29 is 4.42 Å². The molecule has 0 saturated carbocycles. The molecule has 0 unspecified atom stereocenters. The summed E-state index contributed by atoms with van der Waals surface area (Å²) in [5, 5.41) is 0. The highest BCUT2D eigenvalue weighted by Gasteiger charge is 2.01. The second kappa shape index (κ2) is 2.65. The van der Waals surface area contributed by atoms with Crippen LogP contribution in [0.15, 0.2) is 35.1 Å². The second-order valence-corrected chi connectivity index (χ2v) is 2.30. The molecule has 2 N–H and O–H groups in total. The van der Waals surface area contributed by atoms with Gasteiger partial charge in [-0.3, -0.25) is 4.98 Å². The molecule has 4 nitrogen and oxygen atoms in total. The normalized spacial score (nSPS) is 10.0. The van der Waals surface area contributed by atoms with Crippen molar-refractivity contribution in [2.45, 2.75) is 0 Å². The Balaban J connectivity index is 2.45. The standard InChI is InChI=1S/C8H7N3O/c9-8-11-5-7(12-8)6-1-3-10-4-2-6/h1-5H,(H2,9,11). The lowest BCUT2D eigenvalue weighted by molar-refractivity contribution is 0.595. The molecule has 60 valence electrons. The topological polar surface area (TPSA) is 64.9 Å². The van der Waals surface area contributed by atoms with E-state index in [0.717, 1.165) is 5.56 Å². The van der Waals surface area contributed by atoms with Crippen LogP contribution < -0.4 is 5.73 Å². The molecule has 0 aromatic carbocycles. The Labute approximate surface area is 69.1 Å². The molecule has 0 aliphatic heterocycles. The summed E-state index contributed by atoms with van der Waals surface area (Å²) in [6.07, 6.45) is 4.97. The van der Waals surface area contributed by atoms with E-state index in [0.29, 0.717) is 5.76 Å². The minimum absolute atomic E-state index is 0.182. The van der Waals surface area contributed by atoms with Crippen LogP contribution in [0.3, 0.4) is 0 Å². The van der Waals surface area contributed by atoms with Crippen molar-refractivity contribution in [2.24, 2.45) is 0 Å². The van der Waals surface area contributed by atoms with Gasteiger partial charge in [0.25, 0.3) is 6.01 Å². The largest absolute Gasteiger partial charge is 0.424 e. The van der Waals surface area contributed by atoms with Gasteiger partial charge in [-0.05, 0) is 12.1 Å². The van der Waals surface area contributed by atoms with Crippen LogP contribution in [0.4, 0.5) is 6.01 Å². The Kier molecular flexibility index (Phi) is 1.51. The molecule has 0 radical (unpaired) electrons. The Morgan fingerprint density at radius 2 is 2.00 bits per heavy atom. The zero-order valence-corrected chi connectivity index (χ0v) is 6.27. The average molecular weight is 161 g/mol. The maximum absolute atomic E-state index is 5.32. The fourth-order valence-electron chi connectivity index (χ4n) is 0.937. The first-order valence-electron chi connectivity index (χ1n) is 3.48. The summed E-state index contributed by atoms with van der Waals surface area (Å²) in [5.74, 6) is 0.662. The minimum atomic E-state index is 0.182. The zero-order valence-electron chi connectivity index (χ0n) is 6.27. The summed E-state index contributed by atoms with van der Waals surface area (Å²) in [7, 11) is 0. The van der Waals surface area contributed by atoms with Crippen molar-refractivity contribution in [1.29, 1.82) is 0 Å². The van der Waals surface area contributed by atoms with E-state index in [-0.39, 0.29) is 6.01 Å². The van der Waals surface area contributed by atoms with Gasteiger partial charge in [-0.15, -0.1) is 0 Å². The number of aromatic nitrogens is 2. The molecular weight excluding hydrogens is 154 g/mol. The van der Waals surface area contributed by atoms with Gasteiger partial charge >= 0.3 is 0 Å². The molecule has 0 aliphatic rings. The van der Waals surface area contributed by atoms with Crippen molar-refractivity contribution in [3.05, 3.63) is 30.7 Å². The van der Waals surface area contributed by atoms with Crippen LogP contribution in [0.2, 0.25) is 0 Å². The first kappa shape index (κ1) is 6.84. The third-order valence-corrected chi connectivity index (χ3v) is 1.49. The van der Waals surface area contributed by atoms with E-state index in [4.69, 9.17) is 10.2 Å². The lowest BCUT2D eigenvalue weighted by Gasteiger charge is -1.91. The molecule has 0 atom stereocenters. The van der Waals surface area contributed by atoms with E-state index >= 15 is 0 Å². The molecular formula is C8H7N3O. The van der Waals surface area contributed by atoms with Gasteiger partial charge in [-0.2, -0.15) is 0 Å². The van der Waals surface area contributed by atoms with E-state index in [9.17, 15) is 0 Å². The lowest BCUT2D eigenvalue weighted by Crippen LogP contribution is -1.80. The minimum Gasteiger partial charge on any atom is -0.424 e. The number of rotatable bonds is 1. The monoisotopic (exact) mass is 161 g/mol. The first-order chi connectivity index (χ1) is 5.86. The van der Waals surface area contributed by atoms with Crippen LogP contribution in [0.25, 0.3) is 11.3 Å². The van der Waals surface area contributed by atoms with E-state index in [1.807, 2.05) is 12.1 Å². The predicted molar refractivity (Wildman–Crippen MR) is 44.1 cm³/mol. The van der Waals surface area contributed by atoms with Gasteiger partial charge in [-0.25, -0.2) is 4.98 Å². The second-order valence-electron chi connectivity index (χ2n) is 2.30. The lowest BCUT2D eigenvalue weighted by atomic mass is 10.2. The average Bonchev–Trinajstić information content (AvgIpc) is 2.54. The summed E-state index contributed by atoms with van der Waals surface area (Å²) in [4.78, 5) is 7.67. The van der Waals surface area contributed by atoms with Crippen molar-refractivity contribution in [2.75, 3.05) is 5.73 Å². The number of nitrogen functional groups attached to an aromatic ring is 1. The smallest absolute Gasteiger partial charge is 0.292 e. The molecule has 4 heteroatoms. The van der Waals surface area contributed by atoms with Crippen LogP contribution in [0.1, 0.15) is 0 Å². The highest BCUT2D eigenvalue weighted by atomic mass is 16.4. The Morgan fingerprint density at radius 1 is 1.25 bits per heavy atom. The van der Waals surface area contributed by atoms with Crippen molar-refractivity contribution >= 4 is 6.01 Å². The SMILES string of the molecule is Nc1ncc(-c2ccncc2)o1. The molecule has 0 aliphatic carbocycles. The third-order valence-electron chi connectivity index (χ3n) is 1.49. The summed E-state index contributed by atoms with van der Waals surface area (Å²) in [5.41, 5.74) is 6.25. The highest BCUT2D eigenvalue weighted by molar-refractivity contribution is 5.55. The summed E-state index contributed by atoms with van der Waals surface area (Å²) in [6.45, 7) is 0. The number of anilines is 1. The summed E-state index contributed by atoms with van der Waals surface area (Å²) < 4.78 is 5.11. The Hall–Kier alpha value is -1.84. The molecule has 12 heavy (non-hydrogen) atoms. The van der Waals surface area contributed by atoms with Crippen LogP contribution in [0, 0.1) is 0 Å². The van der Waals surface area contributed by atoms with Crippen molar-refractivity contribution in [3.8, 4) is 11.3 Å². The Morgan fingerprint density at radius 3 is 2.58 bits per heavy atom. The van der Waals surface area contributed by atoms with Crippen molar-refractivity contribution in [3.63, 3.8) is 0 Å². The molecule has 0 saturated heterocycles. The summed E-state index contributed by atoms with van der Waals surface area (Å²) >= 11 is 0. The third kappa shape index (κ3) is 1.14. The van der Waals surface area contributed by atoms with Gasteiger partial charge in [-0.1, -0.05) is 0 Å². The quantitative estimate of drug-likeness (QED) is 0.685. The number of oxazole rings is 1. The van der Waals surface area contributed by atoms with Crippen molar-refractivity contribution in [1.82, 2.24) is 9.97 Å². The van der Waals surface area contributed by atoms with Gasteiger partial charge in [0, 0.05) is 18.0 Å². The molecule has 2 aromatic heterocycles. The van der Waals surface area contributed by atoms with Gasteiger partial charge in [0.1, 0.15) is 0 Å². The maximum Gasteiger partial charge on any atom is 0.292 e. The van der Waals surface area contributed by atoms with Gasteiger partial charge < -0.3 is 10.2 Å². The van der Waals surface area contributed by atoms with E-state index < -0.39 is 0 Å². The van der Waals surface area contributed by atoms with E-state index in [2.05, 4.69) is 9.97 Å². The van der Waals surface area contributed by atoms with Crippen LogP contribution in [-0.4, -0.2) is 9.97 Å². The number of pyridine rings is 1. The molecule has 0 bridgehead atoms. The molecule has 2 heterocycles. The van der Waals surface area contributed by atoms with Gasteiger partial charge in [0.2, 0.25) is 0 Å². The first-order valence-corrected chi connectivity index (χ1v) is 3.48. The van der Waals surface area contributed by atoms with E-state index in [1.54, 1.807) is 18.6 Å². The predicted octanol–water partition coefficient (Wildman–Crippen LogP) is 1.32. The van der Waals surface area contributed by atoms with Gasteiger partial charge in [0.05, 0.1) is 6.20 Å². The fourth-order valence-corrected chi connectivity index (χ4v) is 0.937. The number of nitrogens with zero attached hydrogens (tertiary/aromatic N) is 2. The molecule has 2 rings (SSSR count). The number of nitrogens with two attached hydrogens (primary N) is 1. The van der Waals surface area contributed by atoms with Crippen LogP contribution >= 0.6 is 0 Å². The van der Waals surface area contributed by atoms with Crippen LogP contribution in [0.5, 0.6) is 0 Å². The molecule has 0 spiro atoms. The van der Waals surface area contributed by atoms with Gasteiger partial charge in [0.15, 0.2) is 5.76 Å². The Bertz CT molecular complexity index is 369. The molecule has 0 fully saturated rings. The number of hydrogen-bond donors (Lipinski definition) is 1. The molecule has 2 aromatic rings. The van der Waals surface area contributed by atoms with Crippen LogP contribution in [-0.2, 0) is 0 Å². The fraction of sp³-hybridized carbons (Fsp3) is 0. The number of hydrogen-bond acceptors (Lipinski definition) is 4. The summed E-state index contributed by atoms with van der Waals surface area (Å²) in [6, 6.07) is 3.85. The molecule has 0 amide bonds. The zero-order chi connectivity index (χ0) is 8.39.